The Kier molecular flexibility index (Phi) is 3.74. The molecule has 2 unspecified atom stereocenters. The first-order valence-corrected chi connectivity index (χ1v) is 8.71. The summed E-state index contributed by atoms with van der Waals surface area (Å²) >= 11 is 0. The van der Waals surface area contributed by atoms with Crippen molar-refractivity contribution in [2.75, 3.05) is 13.1 Å². The summed E-state index contributed by atoms with van der Waals surface area (Å²) in [5.74, 6) is 0. The average molecular weight is 305 g/mol. The van der Waals surface area contributed by atoms with Gasteiger partial charge in [-0.05, 0) is 49.9 Å². The van der Waals surface area contributed by atoms with E-state index in [1.807, 2.05) is 0 Å². The molecule has 5 nitrogen and oxygen atoms in total. The van der Waals surface area contributed by atoms with Crippen LogP contribution >= 0.6 is 0 Å². The summed E-state index contributed by atoms with van der Waals surface area (Å²) in [4.78, 5) is 0.289. The molecule has 1 N–H and O–H groups in total. The Morgan fingerprint density at radius 1 is 1.29 bits per heavy atom. The number of nitriles is 1. The lowest BCUT2D eigenvalue weighted by atomic mass is 10.1. The number of nitrogens with one attached hydrogen (secondary N) is 1. The Morgan fingerprint density at radius 3 is 2.76 bits per heavy atom. The molecule has 0 aromatic heterocycles. The first-order chi connectivity index (χ1) is 10.0. The number of hydrogen-bond acceptors (Lipinski definition) is 4. The van der Waals surface area contributed by atoms with E-state index in [-0.39, 0.29) is 10.9 Å². The molecule has 112 valence electrons. The molecular weight excluding hydrogens is 286 g/mol. The fourth-order valence-electron chi connectivity index (χ4n) is 3.20. The minimum Gasteiger partial charge on any atom is -0.310 e. The number of sulfonamides is 1. The monoisotopic (exact) mass is 305 g/mol. The number of rotatable bonds is 2. The molecule has 2 aliphatic heterocycles. The van der Waals surface area contributed by atoms with Crippen molar-refractivity contribution in [1.82, 2.24) is 9.62 Å². The Labute approximate surface area is 125 Å². The van der Waals surface area contributed by atoms with Crippen LogP contribution in [-0.2, 0) is 10.0 Å². The van der Waals surface area contributed by atoms with Gasteiger partial charge in [-0.3, -0.25) is 0 Å². The van der Waals surface area contributed by atoms with E-state index < -0.39 is 10.0 Å². The molecule has 0 aliphatic carbocycles. The van der Waals surface area contributed by atoms with Crippen molar-refractivity contribution in [3.8, 4) is 6.07 Å². The quantitative estimate of drug-likeness (QED) is 0.896. The minimum atomic E-state index is -3.47. The molecule has 3 rings (SSSR count). The van der Waals surface area contributed by atoms with Crippen molar-refractivity contribution in [3.63, 3.8) is 0 Å². The second-order valence-corrected chi connectivity index (χ2v) is 7.82. The van der Waals surface area contributed by atoms with Crippen LogP contribution in [0.2, 0.25) is 0 Å². The van der Waals surface area contributed by atoms with E-state index in [9.17, 15) is 8.42 Å². The summed E-state index contributed by atoms with van der Waals surface area (Å²) in [5.41, 5.74) is 1.22. The van der Waals surface area contributed by atoms with Gasteiger partial charge in [-0.25, -0.2) is 8.42 Å². The third-order valence-electron chi connectivity index (χ3n) is 4.44. The molecule has 0 amide bonds. The van der Waals surface area contributed by atoms with Crippen LogP contribution in [0.25, 0.3) is 0 Å². The van der Waals surface area contributed by atoms with Crippen molar-refractivity contribution >= 4 is 10.0 Å². The van der Waals surface area contributed by atoms with Crippen LogP contribution < -0.4 is 5.32 Å². The van der Waals surface area contributed by atoms with Crippen LogP contribution in [-0.4, -0.2) is 37.9 Å². The smallest absolute Gasteiger partial charge is 0.243 e. The van der Waals surface area contributed by atoms with E-state index >= 15 is 0 Å². The second-order valence-electron chi connectivity index (χ2n) is 5.88. The molecule has 2 heterocycles. The molecule has 0 saturated carbocycles. The topological polar surface area (TPSA) is 73.2 Å². The fourth-order valence-corrected chi connectivity index (χ4v) is 4.79. The summed E-state index contributed by atoms with van der Waals surface area (Å²) in [6, 6.07) is 7.52. The number of fused-ring (bicyclic) bond motifs is 2. The average Bonchev–Trinajstić information content (AvgIpc) is 2.77. The van der Waals surface area contributed by atoms with E-state index in [2.05, 4.69) is 11.4 Å². The molecular formula is C15H19N3O2S. The van der Waals surface area contributed by atoms with Crippen molar-refractivity contribution in [2.24, 2.45) is 0 Å². The second kappa shape index (κ2) is 5.41. The van der Waals surface area contributed by atoms with Crippen LogP contribution in [0.1, 0.15) is 30.4 Å². The normalized spacial score (nSPS) is 26.3. The van der Waals surface area contributed by atoms with Gasteiger partial charge in [-0.15, -0.1) is 0 Å². The highest BCUT2D eigenvalue weighted by atomic mass is 32.2. The predicted molar refractivity (Wildman–Crippen MR) is 79.2 cm³/mol. The van der Waals surface area contributed by atoms with E-state index in [0.717, 1.165) is 19.3 Å². The summed E-state index contributed by atoms with van der Waals surface area (Å²) in [7, 11) is -3.47. The highest BCUT2D eigenvalue weighted by Gasteiger charge is 2.34. The van der Waals surface area contributed by atoms with E-state index in [1.54, 1.807) is 23.4 Å². The maximum Gasteiger partial charge on any atom is 0.243 e. The molecule has 1 aromatic carbocycles. The largest absolute Gasteiger partial charge is 0.310 e. The highest BCUT2D eigenvalue weighted by molar-refractivity contribution is 7.89. The lowest BCUT2D eigenvalue weighted by molar-refractivity contribution is 0.383. The van der Waals surface area contributed by atoms with Crippen molar-refractivity contribution in [2.45, 2.75) is 43.2 Å². The van der Waals surface area contributed by atoms with Gasteiger partial charge in [0.25, 0.3) is 0 Å². The van der Waals surface area contributed by atoms with Crippen LogP contribution in [0.4, 0.5) is 0 Å². The standard InChI is InChI=1S/C15H19N3O2S/c1-11-8-15(5-2-12(11)9-16)21(19,20)18-7-6-13-3-4-14(10-18)17-13/h2,5,8,13-14,17H,3-4,6-7,10H2,1H3. The molecule has 2 atom stereocenters. The van der Waals surface area contributed by atoms with Crippen LogP contribution in [0.15, 0.2) is 23.1 Å². The van der Waals surface area contributed by atoms with Gasteiger partial charge in [0.2, 0.25) is 10.0 Å². The molecule has 2 bridgehead atoms. The van der Waals surface area contributed by atoms with Gasteiger partial charge in [0.05, 0.1) is 16.5 Å². The Hall–Kier alpha value is -1.42. The predicted octanol–water partition coefficient (Wildman–Crippen LogP) is 1.38. The SMILES string of the molecule is Cc1cc(S(=O)(=O)N2CCC3CCC(C2)N3)ccc1C#N. The van der Waals surface area contributed by atoms with Gasteiger partial charge >= 0.3 is 0 Å². The molecule has 6 heteroatoms. The zero-order valence-corrected chi connectivity index (χ0v) is 12.9. The summed E-state index contributed by atoms with van der Waals surface area (Å²) < 4.78 is 27.2. The van der Waals surface area contributed by atoms with Crippen LogP contribution in [0.3, 0.4) is 0 Å². The van der Waals surface area contributed by atoms with Gasteiger partial charge in [-0.2, -0.15) is 9.57 Å². The minimum absolute atomic E-state index is 0.270. The summed E-state index contributed by atoms with van der Waals surface area (Å²) in [6.45, 7) is 2.87. The number of hydrogen-bond donors (Lipinski definition) is 1. The van der Waals surface area contributed by atoms with Crippen LogP contribution in [0.5, 0.6) is 0 Å². The van der Waals surface area contributed by atoms with Gasteiger partial charge in [0.1, 0.15) is 0 Å². The molecule has 2 fully saturated rings. The van der Waals surface area contributed by atoms with E-state index in [4.69, 9.17) is 5.26 Å². The summed E-state index contributed by atoms with van der Waals surface area (Å²) in [5, 5.41) is 12.4. The Bertz CT molecular complexity index is 693. The number of benzene rings is 1. The third kappa shape index (κ3) is 2.69. The van der Waals surface area contributed by atoms with Crippen molar-refractivity contribution in [1.29, 1.82) is 5.26 Å². The molecule has 1 aromatic rings. The van der Waals surface area contributed by atoms with Gasteiger partial charge in [0.15, 0.2) is 0 Å². The maximum atomic E-state index is 12.8. The van der Waals surface area contributed by atoms with Gasteiger partial charge < -0.3 is 5.32 Å². The summed E-state index contributed by atoms with van der Waals surface area (Å²) in [6.07, 6.45) is 3.06. The molecule has 2 aliphatic rings. The molecule has 0 radical (unpaired) electrons. The fraction of sp³-hybridized carbons (Fsp3) is 0.533. The zero-order chi connectivity index (χ0) is 15.0. The lowest BCUT2D eigenvalue weighted by Gasteiger charge is -2.23. The van der Waals surface area contributed by atoms with E-state index in [1.165, 1.54) is 6.07 Å². The van der Waals surface area contributed by atoms with Gasteiger partial charge in [-0.1, -0.05) is 0 Å². The lowest BCUT2D eigenvalue weighted by Crippen LogP contribution is -2.39. The zero-order valence-electron chi connectivity index (χ0n) is 12.0. The van der Waals surface area contributed by atoms with E-state index in [0.29, 0.717) is 30.3 Å². The highest BCUT2D eigenvalue weighted by Crippen LogP contribution is 2.25. The third-order valence-corrected chi connectivity index (χ3v) is 6.30. The first kappa shape index (κ1) is 14.5. The first-order valence-electron chi connectivity index (χ1n) is 7.27. The maximum absolute atomic E-state index is 12.8. The number of nitrogens with zero attached hydrogens (tertiary/aromatic N) is 2. The molecule has 2 saturated heterocycles. The Morgan fingerprint density at radius 2 is 2.05 bits per heavy atom. The van der Waals surface area contributed by atoms with Crippen LogP contribution in [0, 0.1) is 18.3 Å². The molecule has 0 spiro atoms. The molecule has 21 heavy (non-hydrogen) atoms. The Balaban J connectivity index is 1.89. The van der Waals surface area contributed by atoms with Crippen molar-refractivity contribution < 1.29 is 8.42 Å². The number of aryl methyl sites for hydroxylation is 1. The van der Waals surface area contributed by atoms with Crippen molar-refractivity contribution in [3.05, 3.63) is 29.3 Å². The van der Waals surface area contributed by atoms with Gasteiger partial charge in [0, 0.05) is 25.2 Å².